The van der Waals surface area contributed by atoms with Crippen LogP contribution in [0.25, 0.3) is 0 Å². The summed E-state index contributed by atoms with van der Waals surface area (Å²) in [5.41, 5.74) is 4.83. The second kappa shape index (κ2) is 8.66. The molecule has 0 aliphatic carbocycles. The van der Waals surface area contributed by atoms with E-state index in [2.05, 4.69) is 53.6 Å². The Balaban J connectivity index is 1.65. The molecule has 26 heavy (non-hydrogen) atoms. The molecular formula is C20H30N4O2. The van der Waals surface area contributed by atoms with Gasteiger partial charge in [-0.15, -0.1) is 0 Å². The Bertz CT molecular complexity index is 723. The average molecular weight is 358 g/mol. The van der Waals surface area contributed by atoms with Crippen molar-refractivity contribution in [2.75, 3.05) is 33.4 Å². The monoisotopic (exact) mass is 358 g/mol. The van der Waals surface area contributed by atoms with Crippen molar-refractivity contribution >= 4 is 0 Å². The van der Waals surface area contributed by atoms with Crippen LogP contribution in [0.15, 0.2) is 24.4 Å². The minimum Gasteiger partial charge on any atom is -0.496 e. The van der Waals surface area contributed by atoms with E-state index >= 15 is 0 Å². The van der Waals surface area contributed by atoms with Gasteiger partial charge in [-0.25, -0.2) is 0 Å². The van der Waals surface area contributed by atoms with Gasteiger partial charge in [0.15, 0.2) is 0 Å². The third kappa shape index (κ3) is 4.63. The van der Waals surface area contributed by atoms with Gasteiger partial charge in [0, 0.05) is 56.6 Å². The van der Waals surface area contributed by atoms with Crippen LogP contribution in [0.2, 0.25) is 0 Å². The highest BCUT2D eigenvalue weighted by atomic mass is 16.5. The van der Waals surface area contributed by atoms with E-state index in [0.29, 0.717) is 0 Å². The SMILES string of the molecule is COc1ccc(CNC(C)c2cn(C)nc2C)cc1CN1CCOCC1. The van der Waals surface area contributed by atoms with Crippen molar-refractivity contribution in [2.45, 2.75) is 33.0 Å². The van der Waals surface area contributed by atoms with Gasteiger partial charge < -0.3 is 14.8 Å². The highest BCUT2D eigenvalue weighted by Crippen LogP contribution is 2.23. The maximum atomic E-state index is 5.57. The van der Waals surface area contributed by atoms with Crippen LogP contribution in [0, 0.1) is 6.92 Å². The summed E-state index contributed by atoms with van der Waals surface area (Å²) in [5, 5.41) is 8.04. The maximum absolute atomic E-state index is 5.57. The van der Waals surface area contributed by atoms with Gasteiger partial charge in [0.1, 0.15) is 5.75 Å². The fourth-order valence-corrected chi connectivity index (χ4v) is 3.49. The molecule has 1 aromatic carbocycles. The maximum Gasteiger partial charge on any atom is 0.123 e. The molecule has 1 fully saturated rings. The normalized spacial score (nSPS) is 16.6. The molecule has 1 unspecified atom stereocenters. The molecule has 2 aromatic rings. The van der Waals surface area contributed by atoms with Gasteiger partial charge in [-0.1, -0.05) is 6.07 Å². The minimum atomic E-state index is 0.258. The molecule has 1 atom stereocenters. The molecule has 6 heteroatoms. The molecule has 0 radical (unpaired) electrons. The number of methoxy groups -OCH3 is 1. The van der Waals surface area contributed by atoms with Crippen molar-refractivity contribution < 1.29 is 9.47 Å². The van der Waals surface area contributed by atoms with Crippen molar-refractivity contribution in [3.63, 3.8) is 0 Å². The summed E-state index contributed by atoms with van der Waals surface area (Å²) in [7, 11) is 3.70. The van der Waals surface area contributed by atoms with Gasteiger partial charge >= 0.3 is 0 Å². The number of rotatable bonds is 7. The minimum absolute atomic E-state index is 0.258. The summed E-state index contributed by atoms with van der Waals surface area (Å²) in [6.07, 6.45) is 2.09. The Morgan fingerprint density at radius 2 is 2.08 bits per heavy atom. The first-order chi connectivity index (χ1) is 12.6. The smallest absolute Gasteiger partial charge is 0.123 e. The summed E-state index contributed by atoms with van der Waals surface area (Å²) in [6, 6.07) is 6.72. The van der Waals surface area contributed by atoms with Gasteiger partial charge in [0.2, 0.25) is 0 Å². The third-order valence-corrected chi connectivity index (χ3v) is 4.97. The zero-order chi connectivity index (χ0) is 18.5. The molecule has 0 bridgehead atoms. The van der Waals surface area contributed by atoms with Crippen molar-refractivity contribution in [1.29, 1.82) is 0 Å². The molecule has 0 spiro atoms. The van der Waals surface area contributed by atoms with E-state index in [1.807, 2.05) is 11.7 Å². The first-order valence-electron chi connectivity index (χ1n) is 9.26. The Hall–Kier alpha value is -1.89. The fraction of sp³-hybridized carbons (Fsp3) is 0.550. The lowest BCUT2D eigenvalue weighted by Crippen LogP contribution is -2.35. The second-order valence-electron chi connectivity index (χ2n) is 6.98. The number of nitrogens with one attached hydrogen (secondary N) is 1. The van der Waals surface area contributed by atoms with Gasteiger partial charge in [-0.2, -0.15) is 5.10 Å². The van der Waals surface area contributed by atoms with E-state index in [0.717, 1.165) is 50.8 Å². The number of nitrogens with zero attached hydrogens (tertiary/aromatic N) is 3. The molecule has 0 saturated carbocycles. The van der Waals surface area contributed by atoms with E-state index in [1.165, 1.54) is 16.7 Å². The summed E-state index contributed by atoms with van der Waals surface area (Å²) in [4.78, 5) is 2.42. The van der Waals surface area contributed by atoms with Crippen LogP contribution in [0.3, 0.4) is 0 Å². The van der Waals surface area contributed by atoms with Crippen molar-refractivity contribution in [1.82, 2.24) is 20.0 Å². The van der Waals surface area contributed by atoms with E-state index in [4.69, 9.17) is 9.47 Å². The predicted octanol–water partition coefficient (Wildman–Crippen LogP) is 2.42. The molecule has 6 nitrogen and oxygen atoms in total. The molecule has 3 rings (SSSR count). The van der Waals surface area contributed by atoms with Crippen LogP contribution in [0.4, 0.5) is 0 Å². The molecule has 0 amide bonds. The van der Waals surface area contributed by atoms with Crippen molar-refractivity contribution in [3.8, 4) is 5.75 Å². The van der Waals surface area contributed by atoms with E-state index < -0.39 is 0 Å². The number of morpholine rings is 1. The lowest BCUT2D eigenvalue weighted by molar-refractivity contribution is 0.0339. The molecule has 1 N–H and O–H groups in total. The molecular weight excluding hydrogens is 328 g/mol. The summed E-state index contributed by atoms with van der Waals surface area (Å²) in [5.74, 6) is 0.955. The highest BCUT2D eigenvalue weighted by Gasteiger charge is 2.15. The Morgan fingerprint density at radius 1 is 1.31 bits per heavy atom. The second-order valence-corrected chi connectivity index (χ2v) is 6.98. The number of hydrogen-bond donors (Lipinski definition) is 1. The van der Waals surface area contributed by atoms with Crippen LogP contribution < -0.4 is 10.1 Å². The summed E-state index contributed by atoms with van der Waals surface area (Å²) in [6.45, 7) is 9.53. The molecule has 1 aliphatic heterocycles. The summed E-state index contributed by atoms with van der Waals surface area (Å²) >= 11 is 0. The molecule has 142 valence electrons. The lowest BCUT2D eigenvalue weighted by atomic mass is 10.1. The van der Waals surface area contributed by atoms with Crippen LogP contribution in [-0.2, 0) is 24.9 Å². The number of benzene rings is 1. The average Bonchev–Trinajstić information content (AvgIpc) is 2.99. The largest absolute Gasteiger partial charge is 0.496 e. The molecule has 1 saturated heterocycles. The van der Waals surface area contributed by atoms with E-state index in [-0.39, 0.29) is 6.04 Å². The molecule has 2 heterocycles. The Kier molecular flexibility index (Phi) is 6.29. The third-order valence-electron chi connectivity index (χ3n) is 4.97. The van der Waals surface area contributed by atoms with Gasteiger partial charge in [0.05, 0.1) is 26.0 Å². The van der Waals surface area contributed by atoms with E-state index in [1.54, 1.807) is 7.11 Å². The molecule has 1 aromatic heterocycles. The van der Waals surface area contributed by atoms with Crippen LogP contribution >= 0.6 is 0 Å². The van der Waals surface area contributed by atoms with Gasteiger partial charge in [-0.05, 0) is 31.5 Å². The first kappa shape index (κ1) is 18.9. The van der Waals surface area contributed by atoms with E-state index in [9.17, 15) is 0 Å². The van der Waals surface area contributed by atoms with Gasteiger partial charge in [0.25, 0.3) is 0 Å². The topological polar surface area (TPSA) is 51.5 Å². The van der Waals surface area contributed by atoms with Gasteiger partial charge in [-0.3, -0.25) is 9.58 Å². The highest BCUT2D eigenvalue weighted by molar-refractivity contribution is 5.37. The lowest BCUT2D eigenvalue weighted by Gasteiger charge is -2.27. The summed E-state index contributed by atoms with van der Waals surface area (Å²) < 4.78 is 12.9. The quantitative estimate of drug-likeness (QED) is 0.824. The number of aromatic nitrogens is 2. The Labute approximate surface area is 156 Å². The predicted molar refractivity (Wildman–Crippen MR) is 102 cm³/mol. The number of hydrogen-bond acceptors (Lipinski definition) is 5. The van der Waals surface area contributed by atoms with Crippen molar-refractivity contribution in [3.05, 3.63) is 46.8 Å². The number of aryl methyl sites for hydroxylation is 2. The molecule has 1 aliphatic rings. The number of ether oxygens (including phenoxy) is 2. The van der Waals surface area contributed by atoms with Crippen LogP contribution in [0.5, 0.6) is 5.75 Å². The first-order valence-corrected chi connectivity index (χ1v) is 9.26. The van der Waals surface area contributed by atoms with Crippen LogP contribution in [0.1, 0.15) is 35.3 Å². The Morgan fingerprint density at radius 3 is 2.73 bits per heavy atom. The fourth-order valence-electron chi connectivity index (χ4n) is 3.49. The standard InChI is InChI=1S/C20H30N4O2/c1-15(19-14-23(3)22-16(19)2)21-12-17-5-6-20(25-4)18(11-17)13-24-7-9-26-10-8-24/h5-6,11,14-15,21H,7-10,12-13H2,1-4H3. The van der Waals surface area contributed by atoms with Crippen molar-refractivity contribution in [2.24, 2.45) is 7.05 Å². The zero-order valence-electron chi connectivity index (χ0n) is 16.3. The zero-order valence-corrected chi connectivity index (χ0v) is 16.3. The van der Waals surface area contributed by atoms with Crippen LogP contribution in [-0.4, -0.2) is 48.1 Å².